The van der Waals surface area contributed by atoms with Gasteiger partial charge in [0.05, 0.1) is 0 Å². The van der Waals surface area contributed by atoms with E-state index in [0.717, 1.165) is 38.9 Å². The molecule has 1 unspecified atom stereocenters. The Balaban J connectivity index is 1.79. The quantitative estimate of drug-likeness (QED) is 0.863. The van der Waals surface area contributed by atoms with Crippen molar-refractivity contribution in [2.45, 2.75) is 76.5 Å². The highest BCUT2D eigenvalue weighted by Crippen LogP contribution is 2.35. The molecule has 1 saturated carbocycles. The fourth-order valence-electron chi connectivity index (χ4n) is 3.51. The van der Waals surface area contributed by atoms with Gasteiger partial charge in [0.2, 0.25) is 0 Å². The minimum atomic E-state index is -0.413. The van der Waals surface area contributed by atoms with Crippen molar-refractivity contribution in [2.24, 2.45) is 0 Å². The molecule has 0 aromatic rings. The van der Waals surface area contributed by atoms with Crippen LogP contribution in [-0.4, -0.2) is 66.8 Å². The van der Waals surface area contributed by atoms with Crippen LogP contribution in [0, 0.1) is 0 Å². The third-order valence-electron chi connectivity index (χ3n) is 5.33. The molecular formula is C18H35N3O2. The van der Waals surface area contributed by atoms with Crippen LogP contribution in [0.4, 0.5) is 4.79 Å². The fraction of sp³-hybridized carbons (Fsp3) is 0.944. The molecule has 1 atom stereocenters. The van der Waals surface area contributed by atoms with Gasteiger partial charge in [0.15, 0.2) is 0 Å². The first-order valence-corrected chi connectivity index (χ1v) is 9.11. The van der Waals surface area contributed by atoms with Crippen molar-refractivity contribution in [2.75, 3.05) is 33.7 Å². The Morgan fingerprint density at radius 3 is 2.43 bits per heavy atom. The van der Waals surface area contributed by atoms with Gasteiger partial charge in [0, 0.05) is 31.2 Å². The Kier molecular flexibility index (Phi) is 5.95. The Labute approximate surface area is 141 Å². The molecule has 1 heterocycles. The molecule has 23 heavy (non-hydrogen) atoms. The summed E-state index contributed by atoms with van der Waals surface area (Å²) in [5.74, 6) is 0. The van der Waals surface area contributed by atoms with Crippen LogP contribution in [0.5, 0.6) is 0 Å². The molecule has 2 fully saturated rings. The van der Waals surface area contributed by atoms with Gasteiger partial charge in [0.25, 0.3) is 0 Å². The summed E-state index contributed by atoms with van der Waals surface area (Å²) in [6.45, 7) is 8.44. The number of nitrogens with one attached hydrogen (secondary N) is 1. The fourth-order valence-corrected chi connectivity index (χ4v) is 3.51. The summed E-state index contributed by atoms with van der Waals surface area (Å²) in [7, 11) is 4.39. The lowest BCUT2D eigenvalue weighted by molar-refractivity contribution is 0.0254. The van der Waals surface area contributed by atoms with E-state index in [2.05, 4.69) is 24.3 Å². The number of carbonyl (C=O) groups excluding carboxylic acids is 1. The minimum absolute atomic E-state index is 0.165. The van der Waals surface area contributed by atoms with E-state index in [1.807, 2.05) is 25.7 Å². The van der Waals surface area contributed by atoms with Crippen molar-refractivity contribution in [3.8, 4) is 0 Å². The molecule has 5 heteroatoms. The van der Waals surface area contributed by atoms with Crippen LogP contribution in [-0.2, 0) is 4.74 Å². The van der Waals surface area contributed by atoms with Crippen molar-refractivity contribution < 1.29 is 9.53 Å². The van der Waals surface area contributed by atoms with Crippen molar-refractivity contribution >= 4 is 6.09 Å². The third-order valence-corrected chi connectivity index (χ3v) is 5.33. The van der Waals surface area contributed by atoms with Gasteiger partial charge in [-0.1, -0.05) is 0 Å². The standard InChI is InChI=1S/C18H35N3O2/c1-17(2,3)23-16(22)21-12-6-8-15(9-13-21)19-14-18(20(4)5)10-7-11-18/h15,19H,6-14H2,1-5H3. The number of nitrogens with zero attached hydrogens (tertiary/aromatic N) is 2. The highest BCUT2D eigenvalue weighted by Gasteiger charge is 2.39. The first kappa shape index (κ1) is 18.5. The largest absolute Gasteiger partial charge is 0.444 e. The van der Waals surface area contributed by atoms with Crippen LogP contribution < -0.4 is 5.32 Å². The van der Waals surface area contributed by atoms with E-state index in [4.69, 9.17) is 4.74 Å². The van der Waals surface area contributed by atoms with Gasteiger partial charge in [-0.2, -0.15) is 0 Å². The Morgan fingerprint density at radius 1 is 1.22 bits per heavy atom. The van der Waals surface area contributed by atoms with Gasteiger partial charge in [-0.25, -0.2) is 4.79 Å². The number of amides is 1. The lowest BCUT2D eigenvalue weighted by Crippen LogP contribution is -2.57. The number of hydrogen-bond acceptors (Lipinski definition) is 4. The Bertz CT molecular complexity index is 400. The topological polar surface area (TPSA) is 44.8 Å². The SMILES string of the molecule is CN(C)C1(CNC2CCCN(C(=O)OC(C)(C)C)CC2)CCC1. The molecule has 1 N–H and O–H groups in total. The smallest absolute Gasteiger partial charge is 0.410 e. The number of likely N-dealkylation sites (N-methyl/N-ethyl adjacent to an activating group) is 1. The second kappa shape index (κ2) is 7.39. The summed E-state index contributed by atoms with van der Waals surface area (Å²) < 4.78 is 5.50. The molecule has 1 aliphatic heterocycles. The molecule has 134 valence electrons. The predicted molar refractivity (Wildman–Crippen MR) is 93.7 cm³/mol. The summed E-state index contributed by atoms with van der Waals surface area (Å²) >= 11 is 0. The maximum absolute atomic E-state index is 12.2. The zero-order chi connectivity index (χ0) is 17.1. The normalized spacial score (nSPS) is 25.0. The molecule has 1 amide bonds. The van der Waals surface area contributed by atoms with E-state index >= 15 is 0 Å². The van der Waals surface area contributed by atoms with E-state index in [1.54, 1.807) is 0 Å². The van der Waals surface area contributed by atoms with Crippen LogP contribution in [0.2, 0.25) is 0 Å². The van der Waals surface area contributed by atoms with Gasteiger partial charge >= 0.3 is 6.09 Å². The number of carbonyl (C=O) groups is 1. The monoisotopic (exact) mass is 325 g/mol. The highest BCUT2D eigenvalue weighted by atomic mass is 16.6. The summed E-state index contributed by atoms with van der Waals surface area (Å²) in [4.78, 5) is 16.5. The van der Waals surface area contributed by atoms with Gasteiger partial charge in [-0.3, -0.25) is 0 Å². The average Bonchev–Trinajstić information content (AvgIpc) is 2.60. The number of rotatable bonds is 4. The first-order chi connectivity index (χ1) is 10.7. The summed E-state index contributed by atoms with van der Waals surface area (Å²) in [6, 6.07) is 0.514. The minimum Gasteiger partial charge on any atom is -0.444 e. The van der Waals surface area contributed by atoms with Crippen LogP contribution in [0.15, 0.2) is 0 Å². The molecule has 0 radical (unpaired) electrons. The number of hydrogen-bond donors (Lipinski definition) is 1. The highest BCUT2D eigenvalue weighted by molar-refractivity contribution is 5.68. The van der Waals surface area contributed by atoms with E-state index in [1.165, 1.54) is 19.3 Å². The van der Waals surface area contributed by atoms with Crippen molar-refractivity contribution in [3.63, 3.8) is 0 Å². The van der Waals surface area contributed by atoms with E-state index in [0.29, 0.717) is 11.6 Å². The molecule has 2 rings (SSSR count). The Hall–Kier alpha value is -0.810. The van der Waals surface area contributed by atoms with Crippen LogP contribution in [0.3, 0.4) is 0 Å². The van der Waals surface area contributed by atoms with Gasteiger partial charge in [0.1, 0.15) is 5.60 Å². The van der Waals surface area contributed by atoms with Crippen LogP contribution >= 0.6 is 0 Å². The molecular weight excluding hydrogens is 290 g/mol. The molecule has 0 aromatic heterocycles. The molecule has 5 nitrogen and oxygen atoms in total. The van der Waals surface area contributed by atoms with Crippen LogP contribution in [0.25, 0.3) is 0 Å². The Morgan fingerprint density at radius 2 is 1.91 bits per heavy atom. The molecule has 2 aliphatic rings. The molecule has 1 saturated heterocycles. The lowest BCUT2D eigenvalue weighted by Gasteiger charge is -2.48. The maximum atomic E-state index is 12.2. The predicted octanol–water partition coefficient (Wildman–Crippen LogP) is 2.85. The summed E-state index contributed by atoms with van der Waals surface area (Å²) in [5.41, 5.74) is -0.0550. The average molecular weight is 325 g/mol. The van der Waals surface area contributed by atoms with E-state index in [-0.39, 0.29) is 6.09 Å². The number of likely N-dealkylation sites (tertiary alicyclic amines) is 1. The van der Waals surface area contributed by atoms with Crippen molar-refractivity contribution in [1.82, 2.24) is 15.1 Å². The third kappa shape index (κ3) is 5.08. The second-order valence-corrected chi connectivity index (χ2v) is 8.45. The molecule has 1 aliphatic carbocycles. The van der Waals surface area contributed by atoms with Gasteiger partial charge in [-0.15, -0.1) is 0 Å². The number of ether oxygens (including phenoxy) is 1. The molecule has 0 bridgehead atoms. The molecule has 0 aromatic carbocycles. The van der Waals surface area contributed by atoms with Crippen molar-refractivity contribution in [3.05, 3.63) is 0 Å². The zero-order valence-electron chi connectivity index (χ0n) is 15.7. The van der Waals surface area contributed by atoms with E-state index in [9.17, 15) is 4.79 Å². The summed E-state index contributed by atoms with van der Waals surface area (Å²) in [6.07, 6.45) is 6.98. The first-order valence-electron chi connectivity index (χ1n) is 9.11. The zero-order valence-corrected chi connectivity index (χ0v) is 15.7. The molecule has 0 spiro atoms. The lowest BCUT2D eigenvalue weighted by atomic mass is 9.75. The van der Waals surface area contributed by atoms with Gasteiger partial charge in [-0.05, 0) is 73.4 Å². The van der Waals surface area contributed by atoms with E-state index < -0.39 is 5.60 Å². The van der Waals surface area contributed by atoms with Crippen LogP contribution in [0.1, 0.15) is 59.3 Å². The van der Waals surface area contributed by atoms with Crippen molar-refractivity contribution in [1.29, 1.82) is 0 Å². The summed E-state index contributed by atoms with van der Waals surface area (Å²) in [5, 5.41) is 3.77. The second-order valence-electron chi connectivity index (χ2n) is 8.45. The van der Waals surface area contributed by atoms with Gasteiger partial charge < -0.3 is 19.9 Å². The maximum Gasteiger partial charge on any atom is 0.410 e.